The minimum Gasteiger partial charge on any atom is -0.352 e. The normalized spacial score (nSPS) is 16.6. The van der Waals surface area contributed by atoms with Gasteiger partial charge in [0.1, 0.15) is 0 Å². The van der Waals surface area contributed by atoms with Gasteiger partial charge in [-0.1, -0.05) is 30.3 Å². The summed E-state index contributed by atoms with van der Waals surface area (Å²) in [5.74, 6) is -2.70. The smallest absolute Gasteiger partial charge is 0.352 e. The number of nitrogens with zero attached hydrogens (tertiary/aromatic N) is 1. The van der Waals surface area contributed by atoms with Crippen LogP contribution in [0, 0.1) is 0 Å². The molecule has 0 aromatic heterocycles. The first-order valence-electron chi connectivity index (χ1n) is 7.75. The summed E-state index contributed by atoms with van der Waals surface area (Å²) < 4.78 is 36.1. The number of likely N-dealkylation sites (tertiary alicyclic amines) is 1. The number of carbonyl (C=O) groups is 2. The van der Waals surface area contributed by atoms with Crippen molar-refractivity contribution in [3.8, 4) is 0 Å². The van der Waals surface area contributed by atoms with Gasteiger partial charge in [0.2, 0.25) is 5.91 Å². The van der Waals surface area contributed by atoms with Gasteiger partial charge in [0.25, 0.3) is 0 Å². The monoisotopic (exact) mass is 343 g/mol. The topological polar surface area (TPSA) is 61.4 Å². The van der Waals surface area contributed by atoms with E-state index in [1.54, 1.807) is 5.32 Å². The molecule has 2 N–H and O–H groups in total. The van der Waals surface area contributed by atoms with Crippen LogP contribution in [0.25, 0.3) is 0 Å². The van der Waals surface area contributed by atoms with Gasteiger partial charge in [-0.15, -0.1) is 0 Å². The standard InChI is InChI=1S/C16H20F3N3O2/c17-16(18,19)15(24)20-10-14(23)21-13-6-8-22(9-7-13)11-12-4-2-1-3-5-12/h1-5,13H,6-11H2,(H,20,24)(H,21,23). The molecule has 2 rings (SSSR count). The Morgan fingerprint density at radius 2 is 1.75 bits per heavy atom. The molecule has 1 saturated heterocycles. The summed E-state index contributed by atoms with van der Waals surface area (Å²) in [6.45, 7) is 1.77. The molecule has 0 radical (unpaired) electrons. The van der Waals surface area contributed by atoms with Gasteiger partial charge in [0.05, 0.1) is 6.54 Å². The van der Waals surface area contributed by atoms with Gasteiger partial charge in [0.15, 0.2) is 0 Å². The number of rotatable bonds is 5. The third kappa shape index (κ3) is 5.84. The van der Waals surface area contributed by atoms with E-state index in [2.05, 4.69) is 22.3 Å². The highest BCUT2D eigenvalue weighted by atomic mass is 19.4. The highest BCUT2D eigenvalue weighted by Gasteiger charge is 2.38. The lowest BCUT2D eigenvalue weighted by molar-refractivity contribution is -0.173. The van der Waals surface area contributed by atoms with Crippen molar-refractivity contribution in [1.82, 2.24) is 15.5 Å². The minimum atomic E-state index is -4.97. The van der Waals surface area contributed by atoms with Gasteiger partial charge < -0.3 is 10.6 Å². The molecule has 8 heteroatoms. The average Bonchev–Trinajstić information content (AvgIpc) is 2.54. The second kappa shape index (κ2) is 8.14. The second-order valence-electron chi connectivity index (χ2n) is 5.78. The first-order valence-corrected chi connectivity index (χ1v) is 7.75. The molecule has 0 spiro atoms. The van der Waals surface area contributed by atoms with Crippen LogP contribution >= 0.6 is 0 Å². The fraction of sp³-hybridized carbons (Fsp3) is 0.500. The van der Waals surface area contributed by atoms with Crippen molar-refractivity contribution in [3.63, 3.8) is 0 Å². The summed E-state index contributed by atoms with van der Waals surface area (Å²) in [6.07, 6.45) is -3.51. The number of nitrogens with one attached hydrogen (secondary N) is 2. The van der Waals surface area contributed by atoms with E-state index in [-0.39, 0.29) is 6.04 Å². The van der Waals surface area contributed by atoms with Crippen molar-refractivity contribution in [2.75, 3.05) is 19.6 Å². The van der Waals surface area contributed by atoms with E-state index < -0.39 is 24.5 Å². The Labute approximate surface area is 138 Å². The van der Waals surface area contributed by atoms with Gasteiger partial charge >= 0.3 is 12.1 Å². The van der Waals surface area contributed by atoms with Crippen LogP contribution in [0.3, 0.4) is 0 Å². The van der Waals surface area contributed by atoms with Gasteiger partial charge in [-0.2, -0.15) is 13.2 Å². The molecule has 0 atom stereocenters. The molecule has 24 heavy (non-hydrogen) atoms. The van der Waals surface area contributed by atoms with Crippen LogP contribution in [0.15, 0.2) is 30.3 Å². The zero-order chi connectivity index (χ0) is 17.6. The van der Waals surface area contributed by atoms with Crippen LogP contribution in [-0.2, 0) is 16.1 Å². The summed E-state index contributed by atoms with van der Waals surface area (Å²) in [5.41, 5.74) is 1.22. The van der Waals surface area contributed by atoms with E-state index in [1.165, 1.54) is 5.56 Å². The van der Waals surface area contributed by atoms with E-state index >= 15 is 0 Å². The molecule has 1 fully saturated rings. The van der Waals surface area contributed by atoms with Crippen molar-refractivity contribution < 1.29 is 22.8 Å². The molecule has 5 nitrogen and oxygen atoms in total. The number of halogens is 3. The Balaban J connectivity index is 1.67. The van der Waals surface area contributed by atoms with Crippen molar-refractivity contribution in [2.24, 2.45) is 0 Å². The number of benzene rings is 1. The fourth-order valence-corrected chi connectivity index (χ4v) is 2.62. The first kappa shape index (κ1) is 18.3. The maximum Gasteiger partial charge on any atom is 0.471 e. The maximum absolute atomic E-state index is 12.0. The van der Waals surface area contributed by atoms with Crippen LogP contribution < -0.4 is 10.6 Å². The van der Waals surface area contributed by atoms with Crippen molar-refractivity contribution in [1.29, 1.82) is 0 Å². The SMILES string of the molecule is O=C(CNC(=O)C(F)(F)F)NC1CCN(Cc2ccccc2)CC1. The maximum atomic E-state index is 12.0. The highest BCUT2D eigenvalue weighted by Crippen LogP contribution is 2.15. The van der Waals surface area contributed by atoms with Crippen molar-refractivity contribution in [3.05, 3.63) is 35.9 Å². The van der Waals surface area contributed by atoms with E-state index in [1.807, 2.05) is 18.2 Å². The molecule has 1 aliphatic rings. The third-order valence-corrected chi connectivity index (χ3v) is 3.87. The number of carbonyl (C=O) groups excluding carboxylic acids is 2. The lowest BCUT2D eigenvalue weighted by Crippen LogP contribution is -2.48. The molecule has 0 aliphatic carbocycles. The molecule has 2 amide bonds. The summed E-state index contributed by atoms with van der Waals surface area (Å²) in [5, 5.41) is 4.23. The minimum absolute atomic E-state index is 0.0766. The van der Waals surface area contributed by atoms with Crippen LogP contribution in [0.2, 0.25) is 0 Å². The zero-order valence-electron chi connectivity index (χ0n) is 13.1. The zero-order valence-corrected chi connectivity index (χ0v) is 13.1. The third-order valence-electron chi connectivity index (χ3n) is 3.87. The van der Waals surface area contributed by atoms with E-state index in [0.717, 1.165) is 32.5 Å². The first-order chi connectivity index (χ1) is 11.3. The molecule has 0 bridgehead atoms. The lowest BCUT2D eigenvalue weighted by Gasteiger charge is -2.32. The Morgan fingerprint density at radius 1 is 1.12 bits per heavy atom. The van der Waals surface area contributed by atoms with Crippen LogP contribution in [0.4, 0.5) is 13.2 Å². The molecular formula is C16H20F3N3O2. The summed E-state index contributed by atoms with van der Waals surface area (Å²) in [7, 11) is 0. The predicted octanol–water partition coefficient (Wildman–Crippen LogP) is 1.45. The summed E-state index contributed by atoms with van der Waals surface area (Å²) in [6, 6.07) is 9.96. The largest absolute Gasteiger partial charge is 0.471 e. The number of piperidine rings is 1. The quantitative estimate of drug-likeness (QED) is 0.851. The lowest BCUT2D eigenvalue weighted by atomic mass is 10.0. The van der Waals surface area contributed by atoms with E-state index in [4.69, 9.17) is 0 Å². The Bertz CT molecular complexity index is 555. The average molecular weight is 343 g/mol. The molecule has 132 valence electrons. The Morgan fingerprint density at radius 3 is 2.33 bits per heavy atom. The molecule has 1 aromatic carbocycles. The molecule has 0 unspecified atom stereocenters. The van der Waals surface area contributed by atoms with Gasteiger partial charge in [-0.05, 0) is 18.4 Å². The van der Waals surface area contributed by atoms with Crippen molar-refractivity contribution in [2.45, 2.75) is 31.6 Å². The van der Waals surface area contributed by atoms with Crippen LogP contribution in [0.1, 0.15) is 18.4 Å². The molecule has 0 saturated carbocycles. The Hall–Kier alpha value is -2.09. The van der Waals surface area contributed by atoms with Crippen LogP contribution in [0.5, 0.6) is 0 Å². The van der Waals surface area contributed by atoms with Gasteiger partial charge in [-0.25, -0.2) is 0 Å². The Kier molecular flexibility index (Phi) is 6.19. The van der Waals surface area contributed by atoms with E-state index in [0.29, 0.717) is 0 Å². The second-order valence-corrected chi connectivity index (χ2v) is 5.78. The molecule has 1 heterocycles. The predicted molar refractivity (Wildman–Crippen MR) is 81.9 cm³/mol. The van der Waals surface area contributed by atoms with E-state index in [9.17, 15) is 22.8 Å². The van der Waals surface area contributed by atoms with Gasteiger partial charge in [-0.3, -0.25) is 14.5 Å². The van der Waals surface area contributed by atoms with Crippen LogP contribution in [-0.4, -0.2) is 48.6 Å². The summed E-state index contributed by atoms with van der Waals surface area (Å²) in [4.78, 5) is 24.5. The number of hydrogen-bond donors (Lipinski definition) is 2. The highest BCUT2D eigenvalue weighted by molar-refractivity contribution is 5.87. The van der Waals surface area contributed by atoms with Gasteiger partial charge in [0, 0.05) is 25.7 Å². The fourth-order valence-electron chi connectivity index (χ4n) is 2.62. The number of hydrogen-bond acceptors (Lipinski definition) is 3. The number of alkyl halides is 3. The number of amides is 2. The van der Waals surface area contributed by atoms with Crippen molar-refractivity contribution >= 4 is 11.8 Å². The molecule has 1 aromatic rings. The molecule has 1 aliphatic heterocycles. The molecular weight excluding hydrogens is 323 g/mol. The summed E-state index contributed by atoms with van der Waals surface area (Å²) >= 11 is 0.